The van der Waals surface area contributed by atoms with Gasteiger partial charge in [0.1, 0.15) is 0 Å². The van der Waals surface area contributed by atoms with Crippen molar-refractivity contribution in [3.8, 4) is 22.4 Å². The lowest BCUT2D eigenvalue weighted by molar-refractivity contribution is 0.0940. The van der Waals surface area contributed by atoms with Crippen LogP contribution in [0.2, 0.25) is 0 Å². The second kappa shape index (κ2) is 8.24. The Balaban J connectivity index is 1.43. The van der Waals surface area contributed by atoms with Crippen molar-refractivity contribution in [3.05, 3.63) is 77.1 Å². The lowest BCUT2D eigenvalue weighted by Crippen LogP contribution is -2.36. The maximum absolute atomic E-state index is 12.5. The van der Waals surface area contributed by atoms with E-state index in [1.54, 1.807) is 0 Å². The molecule has 5 rings (SSSR count). The summed E-state index contributed by atoms with van der Waals surface area (Å²) in [6.07, 6.45) is 0.985. The zero-order valence-corrected chi connectivity index (χ0v) is 18.8. The Bertz CT molecular complexity index is 1280. The second-order valence-electron chi connectivity index (χ2n) is 8.76. The summed E-state index contributed by atoms with van der Waals surface area (Å²) < 4.78 is 0. The predicted octanol–water partition coefficient (Wildman–Crippen LogP) is 4.91. The van der Waals surface area contributed by atoms with Gasteiger partial charge in [0.2, 0.25) is 0 Å². The van der Waals surface area contributed by atoms with E-state index in [1.165, 1.54) is 22.1 Å². The number of aromatic nitrogens is 2. The summed E-state index contributed by atoms with van der Waals surface area (Å²) in [4.78, 5) is 20.6. The third-order valence-corrected chi connectivity index (χ3v) is 6.30. The molecule has 5 nitrogen and oxygen atoms in total. The highest BCUT2D eigenvalue weighted by molar-refractivity contribution is 5.96. The van der Waals surface area contributed by atoms with E-state index in [4.69, 9.17) is 0 Å². The van der Waals surface area contributed by atoms with Gasteiger partial charge < -0.3 is 15.6 Å². The summed E-state index contributed by atoms with van der Waals surface area (Å²) >= 11 is 0. The van der Waals surface area contributed by atoms with Crippen LogP contribution in [0.4, 0.5) is 0 Å². The lowest BCUT2D eigenvalue weighted by Gasteiger charge is -2.11. The zero-order valence-electron chi connectivity index (χ0n) is 18.8. The van der Waals surface area contributed by atoms with Crippen LogP contribution < -0.4 is 10.6 Å². The molecule has 0 saturated carbocycles. The van der Waals surface area contributed by atoms with Gasteiger partial charge in [-0.3, -0.25) is 9.78 Å². The minimum absolute atomic E-state index is 0.00815. The molecule has 4 aromatic rings. The number of nitrogens with one attached hydrogen (secondary N) is 3. The Morgan fingerprint density at radius 1 is 0.938 bits per heavy atom. The van der Waals surface area contributed by atoms with E-state index in [1.807, 2.05) is 38.1 Å². The highest BCUT2D eigenvalue weighted by Crippen LogP contribution is 2.32. The molecule has 0 bridgehead atoms. The quantitative estimate of drug-likeness (QED) is 0.436. The SMILES string of the molecule is Cc1cc(-c2ccc3c(C)c(-c4ccc(C(=O)N[C@@H]5CCNC5)cc4)[nH]c3c2)cc(C)n1. The monoisotopic (exact) mass is 424 g/mol. The molecule has 3 N–H and O–H groups in total. The molecular formula is C27H28N4O. The van der Waals surface area contributed by atoms with Crippen molar-refractivity contribution >= 4 is 16.8 Å². The number of hydrogen-bond donors (Lipinski definition) is 3. The van der Waals surface area contributed by atoms with Crippen LogP contribution in [-0.4, -0.2) is 35.0 Å². The molecule has 0 aliphatic carbocycles. The van der Waals surface area contributed by atoms with Crippen LogP contribution in [0, 0.1) is 20.8 Å². The number of amides is 1. The molecule has 0 radical (unpaired) electrons. The average molecular weight is 425 g/mol. The van der Waals surface area contributed by atoms with Crippen molar-refractivity contribution in [2.45, 2.75) is 33.2 Å². The Morgan fingerprint density at radius 2 is 1.66 bits per heavy atom. The Kier molecular flexibility index (Phi) is 5.27. The summed E-state index contributed by atoms with van der Waals surface area (Å²) in [5.41, 5.74) is 9.58. The number of nitrogens with zero attached hydrogens (tertiary/aromatic N) is 1. The third kappa shape index (κ3) is 3.92. The van der Waals surface area contributed by atoms with Crippen molar-refractivity contribution < 1.29 is 4.79 Å². The van der Waals surface area contributed by atoms with E-state index in [0.717, 1.165) is 47.7 Å². The molecule has 1 amide bonds. The summed E-state index contributed by atoms with van der Waals surface area (Å²) in [6.45, 7) is 8.01. The first-order valence-corrected chi connectivity index (χ1v) is 11.2. The summed E-state index contributed by atoms with van der Waals surface area (Å²) in [5, 5.41) is 7.59. The maximum Gasteiger partial charge on any atom is 0.251 e. The topological polar surface area (TPSA) is 69.8 Å². The molecule has 162 valence electrons. The van der Waals surface area contributed by atoms with Crippen LogP contribution >= 0.6 is 0 Å². The van der Waals surface area contributed by atoms with Gasteiger partial charge in [0.25, 0.3) is 5.91 Å². The van der Waals surface area contributed by atoms with Gasteiger partial charge in [0.05, 0.1) is 0 Å². The molecule has 2 aromatic carbocycles. The van der Waals surface area contributed by atoms with E-state index >= 15 is 0 Å². The number of carbonyl (C=O) groups is 1. The Labute approximate surface area is 188 Å². The molecule has 1 saturated heterocycles. The van der Waals surface area contributed by atoms with Crippen LogP contribution in [-0.2, 0) is 0 Å². The van der Waals surface area contributed by atoms with Crippen LogP contribution in [0.5, 0.6) is 0 Å². The molecule has 1 aliphatic heterocycles. The van der Waals surface area contributed by atoms with Crippen molar-refractivity contribution in [2.24, 2.45) is 0 Å². The number of rotatable bonds is 4. The molecular weight excluding hydrogens is 396 g/mol. The first-order chi connectivity index (χ1) is 15.5. The first kappa shape index (κ1) is 20.5. The minimum atomic E-state index is -0.00815. The van der Waals surface area contributed by atoms with Gasteiger partial charge in [0, 0.05) is 46.1 Å². The van der Waals surface area contributed by atoms with E-state index in [-0.39, 0.29) is 11.9 Å². The summed E-state index contributed by atoms with van der Waals surface area (Å²) in [7, 11) is 0. The molecule has 2 aromatic heterocycles. The van der Waals surface area contributed by atoms with Gasteiger partial charge in [-0.2, -0.15) is 0 Å². The smallest absolute Gasteiger partial charge is 0.251 e. The highest BCUT2D eigenvalue weighted by atomic mass is 16.1. The molecule has 1 atom stereocenters. The van der Waals surface area contributed by atoms with Gasteiger partial charge >= 0.3 is 0 Å². The Hall–Kier alpha value is -3.44. The van der Waals surface area contributed by atoms with E-state index in [0.29, 0.717) is 5.56 Å². The fourth-order valence-electron chi connectivity index (χ4n) is 4.64. The van der Waals surface area contributed by atoms with Crippen LogP contribution in [0.3, 0.4) is 0 Å². The van der Waals surface area contributed by atoms with Gasteiger partial charge in [-0.15, -0.1) is 0 Å². The predicted molar refractivity (Wildman–Crippen MR) is 130 cm³/mol. The fourth-order valence-corrected chi connectivity index (χ4v) is 4.64. The van der Waals surface area contributed by atoms with Crippen molar-refractivity contribution in [3.63, 3.8) is 0 Å². The zero-order chi connectivity index (χ0) is 22.2. The number of benzene rings is 2. The Morgan fingerprint density at radius 3 is 2.34 bits per heavy atom. The number of aryl methyl sites for hydroxylation is 3. The molecule has 3 heterocycles. The van der Waals surface area contributed by atoms with Gasteiger partial charge in [-0.1, -0.05) is 24.3 Å². The average Bonchev–Trinajstić information content (AvgIpc) is 3.40. The van der Waals surface area contributed by atoms with Gasteiger partial charge in [-0.25, -0.2) is 0 Å². The summed E-state index contributed by atoms with van der Waals surface area (Å²) in [6, 6.07) is 18.9. The van der Waals surface area contributed by atoms with Crippen molar-refractivity contribution in [1.82, 2.24) is 20.6 Å². The van der Waals surface area contributed by atoms with Gasteiger partial charge in [0.15, 0.2) is 0 Å². The second-order valence-corrected chi connectivity index (χ2v) is 8.76. The van der Waals surface area contributed by atoms with Crippen molar-refractivity contribution in [2.75, 3.05) is 13.1 Å². The lowest BCUT2D eigenvalue weighted by atomic mass is 10.0. The summed E-state index contributed by atoms with van der Waals surface area (Å²) in [5.74, 6) is -0.00815. The largest absolute Gasteiger partial charge is 0.354 e. The van der Waals surface area contributed by atoms with Crippen LogP contribution in [0.15, 0.2) is 54.6 Å². The molecule has 5 heteroatoms. The van der Waals surface area contributed by atoms with E-state index < -0.39 is 0 Å². The molecule has 0 unspecified atom stereocenters. The van der Waals surface area contributed by atoms with Crippen molar-refractivity contribution in [1.29, 1.82) is 0 Å². The minimum Gasteiger partial charge on any atom is -0.354 e. The normalized spacial score (nSPS) is 15.9. The first-order valence-electron chi connectivity index (χ1n) is 11.2. The highest BCUT2D eigenvalue weighted by Gasteiger charge is 2.18. The standard InChI is InChI=1S/C27H28N4O/c1-16-12-22(13-17(2)29-16)21-8-9-24-18(3)26(31-25(24)14-21)19-4-6-20(7-5-19)27(32)30-23-10-11-28-15-23/h4-9,12-14,23,28,31H,10-11,15H2,1-3H3,(H,30,32)/t23-/m1/s1. The number of hydrogen-bond acceptors (Lipinski definition) is 3. The molecule has 0 spiro atoms. The maximum atomic E-state index is 12.5. The number of pyridine rings is 1. The molecule has 1 aliphatic rings. The van der Waals surface area contributed by atoms with Crippen LogP contribution in [0.1, 0.15) is 33.7 Å². The molecule has 1 fully saturated rings. The number of carbonyl (C=O) groups excluding carboxylic acids is 1. The van der Waals surface area contributed by atoms with E-state index in [2.05, 4.69) is 57.9 Å². The van der Waals surface area contributed by atoms with Crippen LogP contribution in [0.25, 0.3) is 33.3 Å². The van der Waals surface area contributed by atoms with E-state index in [9.17, 15) is 4.79 Å². The number of fused-ring (bicyclic) bond motifs is 1. The van der Waals surface area contributed by atoms with Gasteiger partial charge in [-0.05, 0) is 86.3 Å². The number of H-pyrrole nitrogens is 1. The fraction of sp³-hybridized carbons (Fsp3) is 0.259. The molecule has 32 heavy (non-hydrogen) atoms. The third-order valence-electron chi connectivity index (χ3n) is 6.30. The number of aromatic amines is 1.